The van der Waals surface area contributed by atoms with Gasteiger partial charge in [0.2, 0.25) is 0 Å². The number of amides is 1. The van der Waals surface area contributed by atoms with E-state index < -0.39 is 35.9 Å². The first-order valence-corrected chi connectivity index (χ1v) is 6.61. The zero-order valence-corrected chi connectivity index (χ0v) is 12.2. The molecule has 0 aromatic heterocycles. The third kappa shape index (κ3) is 4.72. The average Bonchev–Trinajstić information content (AvgIpc) is 2.46. The highest BCUT2D eigenvalue weighted by Crippen LogP contribution is 2.18. The molecule has 23 heavy (non-hydrogen) atoms. The lowest BCUT2D eigenvalue weighted by atomic mass is 10.2. The van der Waals surface area contributed by atoms with Crippen LogP contribution in [-0.4, -0.2) is 18.5 Å². The Morgan fingerprint density at radius 2 is 1.70 bits per heavy atom. The van der Waals surface area contributed by atoms with Crippen LogP contribution in [-0.2, 0) is 9.53 Å². The SMILES string of the molecule is O=C(COC(=O)c1cc(F)cc(F)c1)Nc1ccc(Cl)cc1F. The molecular formula is C15H9ClF3NO3. The second kappa shape index (κ2) is 7.15. The molecule has 0 fully saturated rings. The van der Waals surface area contributed by atoms with E-state index in [4.69, 9.17) is 11.6 Å². The topological polar surface area (TPSA) is 55.4 Å². The van der Waals surface area contributed by atoms with Crippen molar-refractivity contribution < 1.29 is 27.5 Å². The number of hydrogen-bond acceptors (Lipinski definition) is 3. The first-order chi connectivity index (χ1) is 10.8. The Morgan fingerprint density at radius 3 is 2.30 bits per heavy atom. The minimum atomic E-state index is -1.09. The maximum Gasteiger partial charge on any atom is 0.338 e. The van der Waals surface area contributed by atoms with Gasteiger partial charge in [0.05, 0.1) is 11.3 Å². The van der Waals surface area contributed by atoms with Crippen molar-refractivity contribution in [2.24, 2.45) is 0 Å². The lowest BCUT2D eigenvalue weighted by Crippen LogP contribution is -2.21. The van der Waals surface area contributed by atoms with E-state index in [1.807, 2.05) is 0 Å². The quantitative estimate of drug-likeness (QED) is 0.864. The molecule has 0 aliphatic carbocycles. The van der Waals surface area contributed by atoms with Gasteiger partial charge in [0.1, 0.15) is 17.5 Å². The van der Waals surface area contributed by atoms with E-state index in [9.17, 15) is 22.8 Å². The van der Waals surface area contributed by atoms with Gasteiger partial charge in [-0.25, -0.2) is 18.0 Å². The van der Waals surface area contributed by atoms with E-state index in [0.717, 1.165) is 18.2 Å². The lowest BCUT2D eigenvalue weighted by molar-refractivity contribution is -0.119. The summed E-state index contributed by atoms with van der Waals surface area (Å²) in [7, 11) is 0. The fourth-order valence-electron chi connectivity index (χ4n) is 1.66. The van der Waals surface area contributed by atoms with Gasteiger partial charge in [-0.3, -0.25) is 4.79 Å². The van der Waals surface area contributed by atoms with Gasteiger partial charge in [0, 0.05) is 11.1 Å². The third-order valence-electron chi connectivity index (χ3n) is 2.64. The molecule has 0 radical (unpaired) electrons. The van der Waals surface area contributed by atoms with Crippen LogP contribution in [0, 0.1) is 17.5 Å². The van der Waals surface area contributed by atoms with E-state index in [0.29, 0.717) is 6.07 Å². The molecule has 0 saturated heterocycles. The molecule has 2 rings (SSSR count). The molecule has 8 heteroatoms. The van der Waals surface area contributed by atoms with E-state index in [1.165, 1.54) is 12.1 Å². The van der Waals surface area contributed by atoms with Crippen molar-refractivity contribution >= 4 is 29.2 Å². The van der Waals surface area contributed by atoms with Gasteiger partial charge in [-0.15, -0.1) is 0 Å². The molecule has 2 aromatic rings. The number of ether oxygens (including phenoxy) is 1. The molecule has 2 aromatic carbocycles. The van der Waals surface area contributed by atoms with Crippen molar-refractivity contribution in [3.63, 3.8) is 0 Å². The van der Waals surface area contributed by atoms with Crippen molar-refractivity contribution in [1.82, 2.24) is 0 Å². The van der Waals surface area contributed by atoms with Crippen molar-refractivity contribution in [2.45, 2.75) is 0 Å². The van der Waals surface area contributed by atoms with Crippen LogP contribution in [0.5, 0.6) is 0 Å². The highest BCUT2D eigenvalue weighted by molar-refractivity contribution is 6.30. The molecule has 0 spiro atoms. The number of hydrogen-bond donors (Lipinski definition) is 1. The van der Waals surface area contributed by atoms with E-state index in [-0.39, 0.29) is 16.3 Å². The maximum atomic E-state index is 13.5. The molecular weight excluding hydrogens is 335 g/mol. The molecule has 1 N–H and O–H groups in total. The second-order valence-corrected chi connectivity index (χ2v) is 4.84. The summed E-state index contributed by atoms with van der Waals surface area (Å²) < 4.78 is 44.0. The predicted octanol–water partition coefficient (Wildman–Crippen LogP) is 3.55. The summed E-state index contributed by atoms with van der Waals surface area (Å²) in [5, 5.41) is 2.32. The summed E-state index contributed by atoms with van der Waals surface area (Å²) in [6, 6.07) is 5.72. The number of carbonyl (C=O) groups is 2. The van der Waals surface area contributed by atoms with Crippen LogP contribution < -0.4 is 5.32 Å². The summed E-state index contributed by atoms with van der Waals surface area (Å²) in [5.74, 6) is -4.58. The minimum Gasteiger partial charge on any atom is -0.452 e. The maximum absolute atomic E-state index is 13.5. The van der Waals surface area contributed by atoms with Crippen molar-refractivity contribution in [3.8, 4) is 0 Å². The Bertz CT molecular complexity index is 747. The lowest BCUT2D eigenvalue weighted by Gasteiger charge is -2.08. The normalized spacial score (nSPS) is 10.3. The fraction of sp³-hybridized carbons (Fsp3) is 0.0667. The third-order valence-corrected chi connectivity index (χ3v) is 2.87. The van der Waals surface area contributed by atoms with Crippen LogP contribution in [0.3, 0.4) is 0 Å². The molecule has 0 saturated carbocycles. The molecule has 0 unspecified atom stereocenters. The predicted molar refractivity (Wildman–Crippen MR) is 76.7 cm³/mol. The van der Waals surface area contributed by atoms with Crippen molar-refractivity contribution in [2.75, 3.05) is 11.9 Å². The monoisotopic (exact) mass is 343 g/mol. The van der Waals surface area contributed by atoms with E-state index in [2.05, 4.69) is 10.1 Å². The largest absolute Gasteiger partial charge is 0.452 e. The summed E-state index contributed by atoms with van der Waals surface area (Å²) in [4.78, 5) is 23.2. The average molecular weight is 344 g/mol. The molecule has 0 aliphatic rings. The molecule has 0 bridgehead atoms. The first kappa shape index (κ1) is 16.8. The molecule has 0 heterocycles. The Hall–Kier alpha value is -2.54. The van der Waals surface area contributed by atoms with E-state index in [1.54, 1.807) is 0 Å². The zero-order valence-electron chi connectivity index (χ0n) is 11.4. The highest BCUT2D eigenvalue weighted by Gasteiger charge is 2.14. The van der Waals surface area contributed by atoms with Gasteiger partial charge in [-0.1, -0.05) is 11.6 Å². The van der Waals surface area contributed by atoms with Gasteiger partial charge in [-0.2, -0.15) is 0 Å². The molecule has 4 nitrogen and oxygen atoms in total. The van der Waals surface area contributed by atoms with Crippen LogP contribution in [0.25, 0.3) is 0 Å². The number of anilines is 1. The molecule has 0 atom stereocenters. The highest BCUT2D eigenvalue weighted by atomic mass is 35.5. The zero-order chi connectivity index (χ0) is 17.0. The van der Waals surface area contributed by atoms with Gasteiger partial charge in [0.15, 0.2) is 6.61 Å². The van der Waals surface area contributed by atoms with Crippen LogP contribution in [0.4, 0.5) is 18.9 Å². The first-order valence-electron chi connectivity index (χ1n) is 6.23. The summed E-state index contributed by atoms with van der Waals surface area (Å²) in [5.41, 5.74) is -0.528. The van der Waals surface area contributed by atoms with Crippen LogP contribution >= 0.6 is 11.6 Å². The van der Waals surface area contributed by atoms with Crippen LogP contribution in [0.15, 0.2) is 36.4 Å². The van der Waals surface area contributed by atoms with Crippen molar-refractivity contribution in [1.29, 1.82) is 0 Å². The molecule has 1 amide bonds. The molecule has 120 valence electrons. The smallest absolute Gasteiger partial charge is 0.338 e. The Balaban J connectivity index is 1.94. The van der Waals surface area contributed by atoms with Gasteiger partial charge in [-0.05, 0) is 30.3 Å². The second-order valence-electron chi connectivity index (χ2n) is 4.41. The van der Waals surface area contributed by atoms with Gasteiger partial charge < -0.3 is 10.1 Å². The summed E-state index contributed by atoms with van der Waals surface area (Å²) in [6.45, 7) is -0.751. The number of halogens is 4. The van der Waals surface area contributed by atoms with Crippen molar-refractivity contribution in [3.05, 3.63) is 64.4 Å². The van der Waals surface area contributed by atoms with Gasteiger partial charge >= 0.3 is 5.97 Å². The number of carbonyl (C=O) groups excluding carboxylic acids is 2. The Kier molecular flexibility index (Phi) is 5.23. The van der Waals surface area contributed by atoms with Crippen LogP contribution in [0.1, 0.15) is 10.4 Å². The minimum absolute atomic E-state index is 0.146. The van der Waals surface area contributed by atoms with Gasteiger partial charge in [0.25, 0.3) is 5.91 Å². The standard InChI is InChI=1S/C15H9ClF3NO3/c16-9-1-2-13(12(19)5-9)20-14(21)7-23-15(22)8-3-10(17)6-11(18)4-8/h1-6H,7H2,(H,20,21). The van der Waals surface area contributed by atoms with Crippen LogP contribution in [0.2, 0.25) is 5.02 Å². The number of rotatable bonds is 4. The summed E-state index contributed by atoms with van der Waals surface area (Å²) in [6.07, 6.45) is 0. The number of esters is 1. The number of benzene rings is 2. The fourth-order valence-corrected chi connectivity index (χ4v) is 1.82. The molecule has 0 aliphatic heterocycles. The Morgan fingerprint density at radius 1 is 1.04 bits per heavy atom. The summed E-state index contributed by atoms with van der Waals surface area (Å²) >= 11 is 5.57. The Labute approximate surface area is 133 Å². The van der Waals surface area contributed by atoms with E-state index >= 15 is 0 Å². The number of nitrogens with one attached hydrogen (secondary N) is 1.